The second kappa shape index (κ2) is 6.08. The molecule has 0 radical (unpaired) electrons. The van der Waals surface area contributed by atoms with Crippen LogP contribution in [0.1, 0.15) is 5.56 Å². The first kappa shape index (κ1) is 13.9. The summed E-state index contributed by atoms with van der Waals surface area (Å²) in [5, 5.41) is 0.662. The van der Waals surface area contributed by atoms with E-state index in [1.54, 1.807) is 37.4 Å². The number of hydrogen-bond acceptors (Lipinski definition) is 3. The summed E-state index contributed by atoms with van der Waals surface area (Å²) in [4.78, 5) is 0.592. The predicted octanol–water partition coefficient (Wildman–Crippen LogP) is 3.24. The zero-order valence-corrected chi connectivity index (χ0v) is 12.0. The van der Waals surface area contributed by atoms with Crippen molar-refractivity contribution in [1.82, 2.24) is 0 Å². The first-order valence-electron chi connectivity index (χ1n) is 5.66. The van der Waals surface area contributed by atoms with E-state index < -0.39 is 10.8 Å². The number of methoxy groups -OCH3 is 1. The number of anilines is 1. The first-order valence-corrected chi connectivity index (χ1v) is 7.36. The predicted molar refractivity (Wildman–Crippen MR) is 79.0 cm³/mol. The third-order valence-electron chi connectivity index (χ3n) is 2.68. The summed E-state index contributed by atoms with van der Waals surface area (Å²) in [6, 6.07) is 12.4. The van der Waals surface area contributed by atoms with Gasteiger partial charge in [-0.3, -0.25) is 4.21 Å². The van der Waals surface area contributed by atoms with Crippen molar-refractivity contribution in [2.45, 2.75) is 10.6 Å². The van der Waals surface area contributed by atoms with E-state index in [9.17, 15) is 4.21 Å². The van der Waals surface area contributed by atoms with Crippen LogP contribution >= 0.6 is 11.6 Å². The van der Waals surface area contributed by atoms with E-state index in [0.29, 0.717) is 27.1 Å². The molecule has 5 heteroatoms. The summed E-state index contributed by atoms with van der Waals surface area (Å²) in [5.41, 5.74) is 7.31. The molecule has 3 nitrogen and oxygen atoms in total. The van der Waals surface area contributed by atoms with E-state index in [4.69, 9.17) is 22.1 Å². The molecular weight excluding hydrogens is 282 g/mol. The maximum atomic E-state index is 12.3. The Kier molecular flexibility index (Phi) is 4.45. The smallest absolute Gasteiger partial charge is 0.120 e. The molecule has 2 aromatic rings. The van der Waals surface area contributed by atoms with Gasteiger partial charge in [0.25, 0.3) is 0 Å². The van der Waals surface area contributed by atoms with Gasteiger partial charge in [0.1, 0.15) is 5.75 Å². The monoisotopic (exact) mass is 295 g/mol. The number of benzene rings is 2. The molecule has 2 aromatic carbocycles. The quantitative estimate of drug-likeness (QED) is 0.881. The third kappa shape index (κ3) is 3.49. The van der Waals surface area contributed by atoms with Crippen molar-refractivity contribution >= 4 is 28.1 Å². The highest BCUT2D eigenvalue weighted by Crippen LogP contribution is 2.24. The number of rotatable bonds is 4. The number of hydrogen-bond donors (Lipinski definition) is 1. The average Bonchev–Trinajstić information content (AvgIpc) is 2.42. The van der Waals surface area contributed by atoms with Gasteiger partial charge in [0.2, 0.25) is 0 Å². The molecular formula is C14H14ClNO2S. The molecule has 19 heavy (non-hydrogen) atoms. The van der Waals surface area contributed by atoms with Crippen molar-refractivity contribution in [2.75, 3.05) is 12.8 Å². The van der Waals surface area contributed by atoms with Crippen LogP contribution in [0.3, 0.4) is 0 Å². The van der Waals surface area contributed by atoms with Gasteiger partial charge in [-0.1, -0.05) is 23.7 Å². The van der Waals surface area contributed by atoms with Crippen LogP contribution in [-0.2, 0) is 16.6 Å². The lowest BCUT2D eigenvalue weighted by Crippen LogP contribution is -2.01. The Morgan fingerprint density at radius 1 is 1.21 bits per heavy atom. The minimum absolute atomic E-state index is 0.397. The Bertz CT molecular complexity index is 599. The van der Waals surface area contributed by atoms with Crippen LogP contribution in [0.4, 0.5) is 5.69 Å². The molecule has 2 N–H and O–H groups in total. The van der Waals surface area contributed by atoms with Gasteiger partial charge >= 0.3 is 0 Å². The van der Waals surface area contributed by atoms with Crippen LogP contribution < -0.4 is 10.5 Å². The molecule has 100 valence electrons. The normalized spacial score (nSPS) is 12.1. The molecule has 0 aliphatic heterocycles. The zero-order chi connectivity index (χ0) is 13.8. The molecule has 0 fully saturated rings. The summed E-state index contributed by atoms with van der Waals surface area (Å²) in [6.45, 7) is 0. The molecule has 0 saturated carbocycles. The summed E-state index contributed by atoms with van der Waals surface area (Å²) in [7, 11) is 0.354. The van der Waals surface area contributed by atoms with Gasteiger partial charge < -0.3 is 10.5 Å². The molecule has 1 atom stereocenters. The van der Waals surface area contributed by atoms with Crippen LogP contribution in [0, 0.1) is 0 Å². The number of nitrogen functional groups attached to an aromatic ring is 1. The lowest BCUT2D eigenvalue weighted by molar-refractivity contribution is 0.413. The lowest BCUT2D eigenvalue weighted by atomic mass is 10.2. The molecule has 2 rings (SSSR count). The van der Waals surface area contributed by atoms with E-state index in [-0.39, 0.29) is 0 Å². The Morgan fingerprint density at radius 3 is 2.53 bits per heavy atom. The SMILES string of the molecule is COc1ccc(N)c(S(=O)Cc2ccc(Cl)cc2)c1. The van der Waals surface area contributed by atoms with Crippen LogP contribution in [0.15, 0.2) is 47.4 Å². The van der Waals surface area contributed by atoms with Crippen molar-refractivity contribution in [3.63, 3.8) is 0 Å². The highest BCUT2D eigenvalue weighted by atomic mass is 35.5. The van der Waals surface area contributed by atoms with Crippen molar-refractivity contribution in [3.05, 3.63) is 53.1 Å². The van der Waals surface area contributed by atoms with E-state index in [0.717, 1.165) is 5.56 Å². The van der Waals surface area contributed by atoms with Gasteiger partial charge in [0, 0.05) is 10.7 Å². The van der Waals surface area contributed by atoms with Crippen molar-refractivity contribution in [1.29, 1.82) is 0 Å². The average molecular weight is 296 g/mol. The van der Waals surface area contributed by atoms with Crippen molar-refractivity contribution < 1.29 is 8.95 Å². The van der Waals surface area contributed by atoms with Gasteiger partial charge in [-0.15, -0.1) is 0 Å². The Hall–Kier alpha value is -1.52. The van der Waals surface area contributed by atoms with Crippen LogP contribution in [0.5, 0.6) is 5.75 Å². The molecule has 0 aliphatic rings. The van der Waals surface area contributed by atoms with Crippen LogP contribution in [0.25, 0.3) is 0 Å². The van der Waals surface area contributed by atoms with Crippen LogP contribution in [0.2, 0.25) is 5.02 Å². The number of nitrogens with two attached hydrogens (primary N) is 1. The molecule has 0 bridgehead atoms. The highest BCUT2D eigenvalue weighted by molar-refractivity contribution is 7.84. The molecule has 0 heterocycles. The second-order valence-electron chi connectivity index (χ2n) is 4.02. The topological polar surface area (TPSA) is 52.3 Å². The Morgan fingerprint density at radius 2 is 1.89 bits per heavy atom. The largest absolute Gasteiger partial charge is 0.497 e. The van der Waals surface area contributed by atoms with E-state index in [1.807, 2.05) is 12.1 Å². The second-order valence-corrected chi connectivity index (χ2v) is 5.88. The van der Waals surface area contributed by atoms with Gasteiger partial charge in [-0.25, -0.2) is 0 Å². The summed E-state index contributed by atoms with van der Waals surface area (Å²) < 4.78 is 17.4. The van der Waals surface area contributed by atoms with E-state index in [1.165, 1.54) is 0 Å². The molecule has 0 aromatic heterocycles. The number of ether oxygens (including phenoxy) is 1. The summed E-state index contributed by atoms with van der Waals surface area (Å²) in [6.07, 6.45) is 0. The molecule has 0 aliphatic carbocycles. The third-order valence-corrected chi connectivity index (χ3v) is 4.37. The fraction of sp³-hybridized carbons (Fsp3) is 0.143. The highest BCUT2D eigenvalue weighted by Gasteiger charge is 2.10. The van der Waals surface area contributed by atoms with Gasteiger partial charge in [-0.05, 0) is 35.9 Å². The first-order chi connectivity index (χ1) is 9.10. The summed E-state index contributed by atoms with van der Waals surface area (Å²) >= 11 is 5.82. The van der Waals surface area contributed by atoms with Gasteiger partial charge in [0.15, 0.2) is 0 Å². The molecule has 1 unspecified atom stereocenters. The zero-order valence-electron chi connectivity index (χ0n) is 10.4. The Balaban J connectivity index is 2.22. The summed E-state index contributed by atoms with van der Waals surface area (Å²) in [5.74, 6) is 1.04. The lowest BCUT2D eigenvalue weighted by Gasteiger charge is -2.08. The maximum Gasteiger partial charge on any atom is 0.120 e. The Labute approximate surface area is 119 Å². The molecule has 0 amide bonds. The number of halogens is 1. The fourth-order valence-electron chi connectivity index (χ4n) is 1.65. The van der Waals surface area contributed by atoms with Crippen molar-refractivity contribution in [2.24, 2.45) is 0 Å². The standard InChI is InChI=1S/C14H14ClNO2S/c1-18-12-6-7-13(16)14(8-12)19(17)9-10-2-4-11(15)5-3-10/h2-8H,9,16H2,1H3. The van der Waals surface area contributed by atoms with Crippen LogP contribution in [-0.4, -0.2) is 11.3 Å². The fourth-order valence-corrected chi connectivity index (χ4v) is 3.00. The van der Waals surface area contributed by atoms with Crippen molar-refractivity contribution in [3.8, 4) is 5.75 Å². The molecule has 0 spiro atoms. The molecule has 0 saturated heterocycles. The van der Waals surface area contributed by atoms with E-state index in [2.05, 4.69) is 0 Å². The van der Waals surface area contributed by atoms with E-state index >= 15 is 0 Å². The minimum Gasteiger partial charge on any atom is -0.497 e. The van der Waals surface area contributed by atoms with Gasteiger partial charge in [0.05, 0.1) is 28.6 Å². The minimum atomic E-state index is -1.21. The maximum absolute atomic E-state index is 12.3. The van der Waals surface area contributed by atoms with Gasteiger partial charge in [-0.2, -0.15) is 0 Å².